The average molecular weight is 319 g/mol. The molecule has 21 heavy (non-hydrogen) atoms. The Bertz CT molecular complexity index is 560. The molecule has 0 aromatic heterocycles. The molecule has 0 atom stereocenters. The van der Waals surface area contributed by atoms with Crippen LogP contribution in [0.25, 0.3) is 0 Å². The highest BCUT2D eigenvalue weighted by Gasteiger charge is 2.17. The number of nitrogens with one attached hydrogen (secondary N) is 1. The van der Waals surface area contributed by atoms with Gasteiger partial charge in [-0.15, -0.1) is 0 Å². The van der Waals surface area contributed by atoms with Gasteiger partial charge in [-0.25, -0.2) is 17.5 Å². The molecule has 7 heteroatoms. The van der Waals surface area contributed by atoms with Crippen LogP contribution in [-0.2, 0) is 21.4 Å². The van der Waals surface area contributed by atoms with Crippen LogP contribution < -0.4 is 4.72 Å². The maximum Gasteiger partial charge on any atom is 0.240 e. The Morgan fingerprint density at radius 1 is 1.33 bits per heavy atom. The van der Waals surface area contributed by atoms with Gasteiger partial charge in [-0.2, -0.15) is 0 Å². The molecule has 0 bridgehead atoms. The van der Waals surface area contributed by atoms with Crippen molar-refractivity contribution in [1.82, 2.24) is 4.72 Å². The van der Waals surface area contributed by atoms with Gasteiger partial charge in [0.25, 0.3) is 0 Å². The fraction of sp³-hybridized carbons (Fsp3) is 0.571. The van der Waals surface area contributed by atoms with Crippen molar-refractivity contribution in [3.05, 3.63) is 29.1 Å². The van der Waals surface area contributed by atoms with E-state index in [1.807, 2.05) is 6.92 Å². The lowest BCUT2D eigenvalue weighted by Crippen LogP contribution is -2.26. The minimum Gasteiger partial charge on any atom is -0.392 e. The lowest BCUT2D eigenvalue weighted by Gasteiger charge is -2.10. The maximum absolute atomic E-state index is 13.6. The number of hydrogen-bond donors (Lipinski definition) is 2. The Kier molecular flexibility index (Phi) is 7.24. The highest BCUT2D eigenvalue weighted by molar-refractivity contribution is 7.89. The van der Waals surface area contributed by atoms with Crippen molar-refractivity contribution >= 4 is 10.0 Å². The summed E-state index contributed by atoms with van der Waals surface area (Å²) in [4.78, 5) is -0.0417. The molecule has 0 amide bonds. The second-order valence-corrected chi connectivity index (χ2v) is 6.50. The van der Waals surface area contributed by atoms with Crippen LogP contribution in [0.15, 0.2) is 17.0 Å². The van der Waals surface area contributed by atoms with E-state index in [0.717, 1.165) is 12.5 Å². The van der Waals surface area contributed by atoms with Crippen LogP contribution in [0.3, 0.4) is 0 Å². The molecule has 120 valence electrons. The first-order chi connectivity index (χ1) is 9.92. The number of sulfonamides is 1. The monoisotopic (exact) mass is 319 g/mol. The number of halogens is 1. The van der Waals surface area contributed by atoms with Crippen LogP contribution >= 0.6 is 0 Å². The predicted octanol–water partition coefficient (Wildman–Crippen LogP) is 1.72. The molecule has 0 saturated heterocycles. The first kappa shape index (κ1) is 18.0. The third kappa shape index (κ3) is 5.35. The van der Waals surface area contributed by atoms with Crippen LogP contribution in [0.4, 0.5) is 4.39 Å². The van der Waals surface area contributed by atoms with Crippen molar-refractivity contribution in [1.29, 1.82) is 0 Å². The van der Waals surface area contributed by atoms with Crippen molar-refractivity contribution in [2.75, 3.05) is 19.8 Å². The molecule has 0 aliphatic rings. The van der Waals surface area contributed by atoms with Crippen LogP contribution in [-0.4, -0.2) is 33.3 Å². The Balaban J connectivity index is 2.68. The predicted molar refractivity (Wildman–Crippen MR) is 78.0 cm³/mol. The molecular weight excluding hydrogens is 297 g/mol. The summed E-state index contributed by atoms with van der Waals surface area (Å²) in [6.45, 7) is 4.31. The van der Waals surface area contributed by atoms with Gasteiger partial charge in [-0.1, -0.05) is 6.92 Å². The molecule has 2 N–H and O–H groups in total. The molecule has 1 aromatic carbocycles. The summed E-state index contributed by atoms with van der Waals surface area (Å²) in [7, 11) is -3.71. The van der Waals surface area contributed by atoms with Crippen LogP contribution in [0.5, 0.6) is 0 Å². The molecule has 0 aliphatic carbocycles. The van der Waals surface area contributed by atoms with E-state index in [1.54, 1.807) is 0 Å². The summed E-state index contributed by atoms with van der Waals surface area (Å²) >= 11 is 0. The number of ether oxygens (including phenoxy) is 1. The van der Waals surface area contributed by atoms with Crippen molar-refractivity contribution in [2.24, 2.45) is 0 Å². The van der Waals surface area contributed by atoms with E-state index in [1.165, 1.54) is 13.0 Å². The van der Waals surface area contributed by atoms with Crippen LogP contribution in [0.2, 0.25) is 0 Å². The normalized spacial score (nSPS) is 11.8. The molecule has 5 nitrogen and oxygen atoms in total. The fourth-order valence-electron chi connectivity index (χ4n) is 1.79. The van der Waals surface area contributed by atoms with E-state index < -0.39 is 22.4 Å². The number of rotatable bonds is 9. The quantitative estimate of drug-likeness (QED) is 0.680. The third-order valence-corrected chi connectivity index (χ3v) is 4.33. The molecule has 0 unspecified atom stereocenters. The minimum absolute atomic E-state index is 0.0262. The third-order valence-electron chi connectivity index (χ3n) is 2.89. The van der Waals surface area contributed by atoms with E-state index in [-0.39, 0.29) is 22.6 Å². The first-order valence-electron chi connectivity index (χ1n) is 6.89. The van der Waals surface area contributed by atoms with Crippen molar-refractivity contribution in [3.63, 3.8) is 0 Å². The van der Waals surface area contributed by atoms with Gasteiger partial charge in [0.15, 0.2) is 0 Å². The van der Waals surface area contributed by atoms with Crippen molar-refractivity contribution in [2.45, 2.75) is 38.2 Å². The lowest BCUT2D eigenvalue weighted by atomic mass is 10.1. The fourth-order valence-corrected chi connectivity index (χ4v) is 3.00. The highest BCUT2D eigenvalue weighted by atomic mass is 32.2. The average Bonchev–Trinajstić information content (AvgIpc) is 2.45. The zero-order chi connectivity index (χ0) is 15.9. The van der Waals surface area contributed by atoms with E-state index in [9.17, 15) is 12.8 Å². The summed E-state index contributed by atoms with van der Waals surface area (Å²) < 4.78 is 45.5. The minimum atomic E-state index is -3.71. The van der Waals surface area contributed by atoms with Crippen molar-refractivity contribution in [3.8, 4) is 0 Å². The van der Waals surface area contributed by atoms with Crippen molar-refractivity contribution < 1.29 is 22.7 Å². The second-order valence-electron chi connectivity index (χ2n) is 4.74. The molecule has 0 radical (unpaired) electrons. The first-order valence-corrected chi connectivity index (χ1v) is 8.38. The lowest BCUT2D eigenvalue weighted by molar-refractivity contribution is 0.133. The zero-order valence-corrected chi connectivity index (χ0v) is 13.2. The molecule has 1 rings (SSSR count). The summed E-state index contributed by atoms with van der Waals surface area (Å²) in [5, 5.41) is 9.06. The topological polar surface area (TPSA) is 75.6 Å². The summed E-state index contributed by atoms with van der Waals surface area (Å²) in [6, 6.07) is 2.41. The maximum atomic E-state index is 13.6. The van der Waals surface area contributed by atoms with E-state index in [4.69, 9.17) is 9.84 Å². The van der Waals surface area contributed by atoms with Gasteiger partial charge in [0.05, 0.1) is 11.5 Å². The van der Waals surface area contributed by atoms with Gasteiger partial charge in [0.1, 0.15) is 5.82 Å². The van der Waals surface area contributed by atoms with Gasteiger partial charge in [0.2, 0.25) is 10.0 Å². The Morgan fingerprint density at radius 2 is 2.05 bits per heavy atom. The zero-order valence-electron chi connectivity index (χ0n) is 12.4. The highest BCUT2D eigenvalue weighted by Crippen LogP contribution is 2.19. The van der Waals surface area contributed by atoms with Gasteiger partial charge in [-0.05, 0) is 37.5 Å². The number of aliphatic hydroxyl groups excluding tert-OH is 1. The molecule has 0 saturated carbocycles. The number of benzene rings is 1. The standard InChI is InChI=1S/C14H22FNO4S/c1-3-6-20-7-4-5-16-21(18,19)13-8-11(2)14(15)12(9-13)10-17/h8-9,16-17H,3-7,10H2,1-2H3. The Labute approximate surface area is 125 Å². The van der Waals surface area contributed by atoms with E-state index in [0.29, 0.717) is 19.6 Å². The molecular formula is C14H22FNO4S. The molecule has 0 heterocycles. The summed E-state index contributed by atoms with van der Waals surface area (Å²) in [6.07, 6.45) is 1.48. The smallest absolute Gasteiger partial charge is 0.240 e. The molecule has 0 spiro atoms. The van der Waals surface area contributed by atoms with Crippen LogP contribution in [0.1, 0.15) is 30.9 Å². The number of aryl methyl sites for hydroxylation is 1. The number of hydrogen-bond acceptors (Lipinski definition) is 4. The molecule has 0 fully saturated rings. The summed E-state index contributed by atoms with van der Waals surface area (Å²) in [5.74, 6) is -0.579. The van der Waals surface area contributed by atoms with E-state index >= 15 is 0 Å². The Hall–Kier alpha value is -1.02. The largest absolute Gasteiger partial charge is 0.392 e. The van der Waals surface area contributed by atoms with E-state index in [2.05, 4.69) is 4.72 Å². The van der Waals surface area contributed by atoms with Gasteiger partial charge in [0, 0.05) is 25.3 Å². The second kappa shape index (κ2) is 8.43. The van der Waals surface area contributed by atoms with Gasteiger partial charge < -0.3 is 9.84 Å². The van der Waals surface area contributed by atoms with Crippen LogP contribution in [0, 0.1) is 12.7 Å². The molecule has 0 aliphatic heterocycles. The Morgan fingerprint density at radius 3 is 2.67 bits per heavy atom. The van der Waals surface area contributed by atoms with Gasteiger partial charge in [-0.3, -0.25) is 0 Å². The molecule has 1 aromatic rings. The summed E-state index contributed by atoms with van der Waals surface area (Å²) in [5.41, 5.74) is 0.162. The SMILES string of the molecule is CCCOCCCNS(=O)(=O)c1cc(C)c(F)c(CO)c1. The number of aliphatic hydroxyl groups is 1. The van der Waals surface area contributed by atoms with Gasteiger partial charge >= 0.3 is 0 Å².